The van der Waals surface area contributed by atoms with E-state index in [4.69, 9.17) is 4.74 Å². The Balaban J connectivity index is 3.09. The van der Waals surface area contributed by atoms with Gasteiger partial charge in [0.05, 0.1) is 12.8 Å². The molecule has 0 aliphatic carbocycles. The molecule has 0 spiro atoms. The van der Waals surface area contributed by atoms with E-state index in [0.29, 0.717) is 17.3 Å². The van der Waals surface area contributed by atoms with Crippen LogP contribution >= 0.6 is 0 Å². The molecule has 0 saturated carbocycles. The summed E-state index contributed by atoms with van der Waals surface area (Å²) < 4.78 is 4.84. The zero-order valence-corrected chi connectivity index (χ0v) is 6.37. The summed E-state index contributed by atoms with van der Waals surface area (Å²) in [5, 5.41) is 2.78. The summed E-state index contributed by atoms with van der Waals surface area (Å²) in [5.41, 5.74) is 0.935. The van der Waals surface area contributed by atoms with E-state index in [1.54, 1.807) is 19.1 Å². The van der Waals surface area contributed by atoms with Crippen molar-refractivity contribution in [2.45, 2.75) is 6.92 Å². The fourth-order valence-electron chi connectivity index (χ4n) is 0.741. The van der Waals surface area contributed by atoms with Gasteiger partial charge in [-0.3, -0.25) is 0 Å². The van der Waals surface area contributed by atoms with Gasteiger partial charge in [0, 0.05) is 6.07 Å². The van der Waals surface area contributed by atoms with Crippen molar-refractivity contribution in [3.05, 3.63) is 22.7 Å². The van der Waals surface area contributed by atoms with Crippen LogP contribution < -0.4 is 4.74 Å². The first-order chi connectivity index (χ1) is 5.27. The van der Waals surface area contributed by atoms with Gasteiger partial charge in [-0.05, 0) is 18.2 Å². The van der Waals surface area contributed by atoms with Gasteiger partial charge in [0.2, 0.25) is 5.88 Å². The molecule has 11 heavy (non-hydrogen) atoms. The molecule has 0 aliphatic heterocycles. The molecule has 0 radical (unpaired) electrons. The van der Waals surface area contributed by atoms with E-state index < -0.39 is 0 Å². The fourth-order valence-corrected chi connectivity index (χ4v) is 0.741. The van der Waals surface area contributed by atoms with E-state index in [1.165, 1.54) is 7.11 Å². The SMILES string of the molecule is COc1ccc(N=O)c(C)n1. The van der Waals surface area contributed by atoms with Gasteiger partial charge >= 0.3 is 0 Å². The van der Waals surface area contributed by atoms with E-state index in [-0.39, 0.29) is 0 Å². The Morgan fingerprint density at radius 3 is 2.73 bits per heavy atom. The lowest BCUT2D eigenvalue weighted by Crippen LogP contribution is -1.88. The van der Waals surface area contributed by atoms with Gasteiger partial charge in [0.25, 0.3) is 0 Å². The maximum absolute atomic E-state index is 10.1. The van der Waals surface area contributed by atoms with E-state index in [0.717, 1.165) is 0 Å². The zero-order valence-electron chi connectivity index (χ0n) is 6.37. The summed E-state index contributed by atoms with van der Waals surface area (Å²) in [7, 11) is 1.52. The van der Waals surface area contributed by atoms with E-state index in [2.05, 4.69) is 10.2 Å². The molecule has 1 rings (SSSR count). The van der Waals surface area contributed by atoms with Crippen molar-refractivity contribution in [3.63, 3.8) is 0 Å². The van der Waals surface area contributed by atoms with Crippen LogP contribution in [0.3, 0.4) is 0 Å². The first-order valence-corrected chi connectivity index (χ1v) is 3.13. The monoisotopic (exact) mass is 152 g/mol. The number of hydrogen-bond acceptors (Lipinski definition) is 4. The molecule has 0 aromatic carbocycles. The standard InChI is InChI=1S/C7H8N2O2/c1-5-6(9-10)3-4-7(8-5)11-2/h3-4H,1-2H3. The van der Waals surface area contributed by atoms with E-state index in [9.17, 15) is 4.91 Å². The van der Waals surface area contributed by atoms with Crippen molar-refractivity contribution in [2.24, 2.45) is 5.18 Å². The quantitative estimate of drug-likeness (QED) is 0.607. The minimum atomic E-state index is 0.353. The van der Waals surface area contributed by atoms with Gasteiger partial charge in [-0.25, -0.2) is 4.98 Å². The third-order valence-electron chi connectivity index (χ3n) is 1.34. The number of nitrogens with zero attached hydrogens (tertiary/aromatic N) is 2. The average Bonchev–Trinajstić information content (AvgIpc) is 2.04. The lowest BCUT2D eigenvalue weighted by Gasteiger charge is -1.99. The molecule has 0 fully saturated rings. The van der Waals surface area contributed by atoms with Crippen LogP contribution in [-0.4, -0.2) is 12.1 Å². The molecule has 0 bridgehead atoms. The molecule has 0 amide bonds. The second kappa shape index (κ2) is 3.09. The maximum Gasteiger partial charge on any atom is 0.213 e. The number of rotatable bonds is 2. The van der Waals surface area contributed by atoms with Crippen LogP contribution in [0.2, 0.25) is 0 Å². The summed E-state index contributed by atoms with van der Waals surface area (Å²) in [6.07, 6.45) is 0. The third-order valence-corrected chi connectivity index (χ3v) is 1.34. The molecule has 4 heteroatoms. The van der Waals surface area contributed by atoms with Crippen LogP contribution in [0.15, 0.2) is 17.3 Å². The molecule has 0 N–H and O–H groups in total. The summed E-state index contributed by atoms with van der Waals surface area (Å²) in [6.45, 7) is 1.71. The van der Waals surface area contributed by atoms with Gasteiger partial charge in [-0.15, -0.1) is 4.91 Å². The summed E-state index contributed by atoms with van der Waals surface area (Å²) in [4.78, 5) is 14.0. The number of nitroso groups, excluding NO2 is 1. The lowest BCUT2D eigenvalue weighted by molar-refractivity contribution is 0.397. The van der Waals surface area contributed by atoms with Crippen molar-refractivity contribution in [3.8, 4) is 5.88 Å². The highest BCUT2D eigenvalue weighted by molar-refractivity contribution is 5.42. The molecule has 4 nitrogen and oxygen atoms in total. The minimum Gasteiger partial charge on any atom is -0.481 e. The highest BCUT2D eigenvalue weighted by atomic mass is 16.5. The first-order valence-electron chi connectivity index (χ1n) is 3.13. The van der Waals surface area contributed by atoms with Crippen molar-refractivity contribution >= 4 is 5.69 Å². The largest absolute Gasteiger partial charge is 0.481 e. The third kappa shape index (κ3) is 1.52. The van der Waals surface area contributed by atoms with Crippen LogP contribution in [-0.2, 0) is 0 Å². The van der Waals surface area contributed by atoms with Crippen molar-refractivity contribution in [2.75, 3.05) is 7.11 Å². The van der Waals surface area contributed by atoms with Gasteiger partial charge in [-0.1, -0.05) is 0 Å². The number of hydrogen-bond donors (Lipinski definition) is 0. The number of methoxy groups -OCH3 is 1. The zero-order chi connectivity index (χ0) is 8.27. The Labute approximate surface area is 64.2 Å². The first kappa shape index (κ1) is 7.65. The molecular weight excluding hydrogens is 144 g/mol. The fraction of sp³-hybridized carbons (Fsp3) is 0.286. The van der Waals surface area contributed by atoms with Gasteiger partial charge in [0.15, 0.2) is 0 Å². The molecule has 58 valence electrons. The smallest absolute Gasteiger partial charge is 0.213 e. The Morgan fingerprint density at radius 1 is 1.55 bits per heavy atom. The Hall–Kier alpha value is -1.45. The second-order valence-electron chi connectivity index (χ2n) is 2.05. The number of aromatic nitrogens is 1. The van der Waals surface area contributed by atoms with E-state index >= 15 is 0 Å². The predicted octanol–water partition coefficient (Wildman–Crippen LogP) is 1.80. The van der Waals surface area contributed by atoms with Crippen LogP contribution in [0.4, 0.5) is 5.69 Å². The number of aryl methyl sites for hydroxylation is 1. The second-order valence-corrected chi connectivity index (χ2v) is 2.05. The molecule has 0 aliphatic rings. The predicted molar refractivity (Wildman–Crippen MR) is 41.0 cm³/mol. The van der Waals surface area contributed by atoms with Crippen LogP contribution in [0, 0.1) is 11.8 Å². The minimum absolute atomic E-state index is 0.353. The maximum atomic E-state index is 10.1. The van der Waals surface area contributed by atoms with Crippen LogP contribution in [0.5, 0.6) is 5.88 Å². The summed E-state index contributed by atoms with van der Waals surface area (Å²) in [5.74, 6) is 0.495. The normalized spacial score (nSPS) is 9.27. The molecule has 0 saturated heterocycles. The highest BCUT2D eigenvalue weighted by Crippen LogP contribution is 2.18. The van der Waals surface area contributed by atoms with Crippen molar-refractivity contribution < 1.29 is 4.74 Å². The Bertz CT molecular complexity index is 273. The molecule has 1 heterocycles. The van der Waals surface area contributed by atoms with Gasteiger partial charge < -0.3 is 4.74 Å². The summed E-state index contributed by atoms with van der Waals surface area (Å²) >= 11 is 0. The Morgan fingerprint density at radius 2 is 2.27 bits per heavy atom. The van der Waals surface area contributed by atoms with E-state index in [1.807, 2.05) is 0 Å². The van der Waals surface area contributed by atoms with Crippen molar-refractivity contribution in [1.29, 1.82) is 0 Å². The van der Waals surface area contributed by atoms with Crippen LogP contribution in [0.1, 0.15) is 5.69 Å². The molecule has 0 atom stereocenters. The average molecular weight is 152 g/mol. The molecule has 0 unspecified atom stereocenters. The van der Waals surface area contributed by atoms with Crippen molar-refractivity contribution in [1.82, 2.24) is 4.98 Å². The van der Waals surface area contributed by atoms with Crippen LogP contribution in [0.25, 0.3) is 0 Å². The lowest BCUT2D eigenvalue weighted by atomic mass is 10.3. The molecular formula is C7H8N2O2. The highest BCUT2D eigenvalue weighted by Gasteiger charge is 2.00. The topological polar surface area (TPSA) is 51.5 Å². The summed E-state index contributed by atoms with van der Waals surface area (Å²) in [6, 6.07) is 3.18. The molecule has 1 aromatic rings. The number of ether oxygens (including phenoxy) is 1. The van der Waals surface area contributed by atoms with Gasteiger partial charge in [0.1, 0.15) is 5.69 Å². The van der Waals surface area contributed by atoms with Gasteiger partial charge in [-0.2, -0.15) is 0 Å². The molecule has 1 aromatic heterocycles. The Kier molecular flexibility index (Phi) is 2.15. The number of pyridine rings is 1.